The van der Waals surface area contributed by atoms with Gasteiger partial charge in [-0.3, -0.25) is 19.7 Å². The first-order chi connectivity index (χ1) is 14.0. The van der Waals surface area contributed by atoms with Crippen LogP contribution < -0.4 is 5.32 Å². The molecule has 2 aromatic heterocycles. The molecule has 1 fully saturated rings. The van der Waals surface area contributed by atoms with Crippen molar-refractivity contribution in [2.24, 2.45) is 0 Å². The van der Waals surface area contributed by atoms with E-state index < -0.39 is 6.04 Å². The monoisotopic (exact) mass is 416 g/mol. The molecule has 0 saturated carbocycles. The number of hydrogen-bond donors (Lipinski definition) is 1. The summed E-state index contributed by atoms with van der Waals surface area (Å²) in [5, 5.41) is 7.75. The Balaban J connectivity index is 1.55. The third kappa shape index (κ3) is 4.14. The van der Waals surface area contributed by atoms with Crippen molar-refractivity contribution < 1.29 is 9.53 Å². The van der Waals surface area contributed by atoms with Gasteiger partial charge < -0.3 is 9.30 Å². The van der Waals surface area contributed by atoms with Crippen LogP contribution in [0.2, 0.25) is 5.02 Å². The first kappa shape index (κ1) is 19.9. The number of para-hydroxylation sites is 2. The Morgan fingerprint density at radius 1 is 1.28 bits per heavy atom. The minimum absolute atomic E-state index is 0.184. The van der Waals surface area contributed by atoms with Gasteiger partial charge in [0.2, 0.25) is 5.95 Å². The highest BCUT2D eigenvalue weighted by atomic mass is 35.5. The summed E-state index contributed by atoms with van der Waals surface area (Å²) in [6.45, 7) is 8.61. The highest BCUT2D eigenvalue weighted by molar-refractivity contribution is 6.31. The minimum atomic E-state index is -0.505. The molecule has 0 aliphatic carbocycles. The van der Waals surface area contributed by atoms with Gasteiger partial charge in [-0.2, -0.15) is 5.10 Å². The Kier molecular flexibility index (Phi) is 5.84. The molecule has 1 atom stereocenters. The average Bonchev–Trinajstić information content (AvgIpc) is 3.26. The summed E-state index contributed by atoms with van der Waals surface area (Å²) < 4.78 is 9.12. The lowest BCUT2D eigenvalue weighted by Crippen LogP contribution is -2.38. The molecule has 3 heterocycles. The predicted octanol–water partition coefficient (Wildman–Crippen LogP) is 2.73. The van der Waals surface area contributed by atoms with E-state index in [-0.39, 0.29) is 5.91 Å². The second-order valence-electron chi connectivity index (χ2n) is 7.22. The number of carbonyl (C=O) groups is 1. The van der Waals surface area contributed by atoms with Crippen LogP contribution in [-0.2, 0) is 16.1 Å². The number of nitrogens with zero attached hydrogens (tertiary/aromatic N) is 5. The lowest BCUT2D eigenvalue weighted by Gasteiger charge is -2.27. The zero-order valence-corrected chi connectivity index (χ0v) is 17.4. The van der Waals surface area contributed by atoms with E-state index in [4.69, 9.17) is 16.3 Å². The van der Waals surface area contributed by atoms with E-state index in [1.165, 1.54) is 0 Å². The van der Waals surface area contributed by atoms with E-state index in [1.54, 1.807) is 17.8 Å². The second-order valence-corrected chi connectivity index (χ2v) is 7.62. The van der Waals surface area contributed by atoms with E-state index in [1.807, 2.05) is 31.2 Å². The molecule has 1 aliphatic heterocycles. The molecule has 8 nitrogen and oxygen atoms in total. The van der Waals surface area contributed by atoms with Crippen LogP contribution in [0.25, 0.3) is 11.0 Å². The number of aromatic nitrogens is 4. The summed E-state index contributed by atoms with van der Waals surface area (Å²) in [4.78, 5) is 19.9. The van der Waals surface area contributed by atoms with Crippen LogP contribution in [0.5, 0.6) is 0 Å². The van der Waals surface area contributed by atoms with Crippen molar-refractivity contribution in [2.45, 2.75) is 26.4 Å². The summed E-state index contributed by atoms with van der Waals surface area (Å²) in [5.41, 5.74) is 2.62. The Morgan fingerprint density at radius 3 is 2.76 bits per heavy atom. The van der Waals surface area contributed by atoms with E-state index in [0.29, 0.717) is 11.0 Å². The average molecular weight is 417 g/mol. The first-order valence-corrected chi connectivity index (χ1v) is 10.2. The van der Waals surface area contributed by atoms with Gasteiger partial charge in [0.15, 0.2) is 0 Å². The molecule has 1 aliphatic rings. The number of fused-ring (bicyclic) bond motifs is 1. The molecule has 0 unspecified atom stereocenters. The third-order valence-electron chi connectivity index (χ3n) is 5.36. The smallest absolute Gasteiger partial charge is 0.251 e. The van der Waals surface area contributed by atoms with Gasteiger partial charge in [0.25, 0.3) is 5.91 Å². The molecule has 154 valence electrons. The Labute approximate surface area is 174 Å². The standard InChI is InChI=1S/C20H25ClN6O2/c1-14-16(21)13-22-27(14)15(2)19(28)24-20-23-17-5-3-4-6-18(17)26(20)8-7-25-9-11-29-12-10-25/h3-6,13,15H,7-12H2,1-2H3,(H,23,24,28)/t15-/m1/s1. The Hall–Kier alpha value is -2.42. The van der Waals surface area contributed by atoms with Gasteiger partial charge in [0.05, 0.1) is 41.2 Å². The lowest BCUT2D eigenvalue weighted by atomic mass is 10.3. The highest BCUT2D eigenvalue weighted by Gasteiger charge is 2.22. The molecular formula is C20H25ClN6O2. The number of hydrogen-bond acceptors (Lipinski definition) is 5. The van der Waals surface area contributed by atoms with Crippen LogP contribution in [0.15, 0.2) is 30.5 Å². The first-order valence-electron chi connectivity index (χ1n) is 9.80. The summed E-state index contributed by atoms with van der Waals surface area (Å²) in [5.74, 6) is 0.364. The molecule has 29 heavy (non-hydrogen) atoms. The molecule has 0 bridgehead atoms. The molecule has 1 N–H and O–H groups in total. The fraction of sp³-hybridized carbons (Fsp3) is 0.450. The summed E-state index contributed by atoms with van der Waals surface area (Å²) in [6, 6.07) is 7.41. The number of carbonyl (C=O) groups excluding carboxylic acids is 1. The number of imidazole rings is 1. The number of amides is 1. The Morgan fingerprint density at radius 2 is 2.03 bits per heavy atom. The fourth-order valence-electron chi connectivity index (χ4n) is 3.58. The summed E-state index contributed by atoms with van der Waals surface area (Å²) in [6.07, 6.45) is 1.55. The van der Waals surface area contributed by atoms with Crippen LogP contribution in [-0.4, -0.2) is 63.0 Å². The summed E-state index contributed by atoms with van der Waals surface area (Å²) in [7, 11) is 0. The van der Waals surface area contributed by atoms with Gasteiger partial charge in [0.1, 0.15) is 6.04 Å². The van der Waals surface area contributed by atoms with Gasteiger partial charge >= 0.3 is 0 Å². The Bertz CT molecular complexity index is 1010. The van der Waals surface area contributed by atoms with Crippen molar-refractivity contribution >= 4 is 34.5 Å². The molecule has 9 heteroatoms. The molecule has 1 aromatic carbocycles. The van der Waals surface area contributed by atoms with E-state index in [9.17, 15) is 4.79 Å². The zero-order chi connectivity index (χ0) is 20.4. The van der Waals surface area contributed by atoms with Gasteiger partial charge in [-0.1, -0.05) is 23.7 Å². The maximum atomic E-state index is 12.9. The largest absolute Gasteiger partial charge is 0.379 e. The number of anilines is 1. The van der Waals surface area contributed by atoms with Crippen LogP contribution in [0.3, 0.4) is 0 Å². The quantitative estimate of drug-likeness (QED) is 0.668. The van der Waals surface area contributed by atoms with Crippen molar-refractivity contribution in [2.75, 3.05) is 38.2 Å². The molecular weight excluding hydrogens is 392 g/mol. The maximum absolute atomic E-state index is 12.9. The molecule has 3 aromatic rings. The van der Waals surface area contributed by atoms with Gasteiger partial charge in [-0.15, -0.1) is 0 Å². The van der Waals surface area contributed by atoms with Gasteiger partial charge in [-0.05, 0) is 26.0 Å². The number of rotatable bonds is 6. The zero-order valence-electron chi connectivity index (χ0n) is 16.6. The number of morpholine rings is 1. The van der Waals surface area contributed by atoms with Gasteiger partial charge in [-0.25, -0.2) is 4.98 Å². The molecule has 0 radical (unpaired) electrons. The number of benzene rings is 1. The predicted molar refractivity (Wildman–Crippen MR) is 112 cm³/mol. The number of nitrogens with one attached hydrogen (secondary N) is 1. The maximum Gasteiger partial charge on any atom is 0.251 e. The van der Waals surface area contributed by atoms with Crippen molar-refractivity contribution in [1.29, 1.82) is 0 Å². The summed E-state index contributed by atoms with van der Waals surface area (Å²) >= 11 is 6.09. The molecule has 0 spiro atoms. The second kappa shape index (κ2) is 8.52. The lowest BCUT2D eigenvalue weighted by molar-refractivity contribution is -0.119. The highest BCUT2D eigenvalue weighted by Crippen LogP contribution is 2.22. The van der Waals surface area contributed by atoms with Gasteiger partial charge in [0, 0.05) is 26.2 Å². The molecule has 4 rings (SSSR count). The van der Waals surface area contributed by atoms with Crippen LogP contribution in [0.1, 0.15) is 18.7 Å². The molecule has 1 saturated heterocycles. The number of halogens is 1. The van der Waals surface area contributed by atoms with Crippen LogP contribution >= 0.6 is 11.6 Å². The third-order valence-corrected chi connectivity index (χ3v) is 5.74. The van der Waals surface area contributed by atoms with Crippen LogP contribution in [0, 0.1) is 6.92 Å². The number of ether oxygens (including phenoxy) is 1. The van der Waals surface area contributed by atoms with E-state index in [2.05, 4.69) is 24.9 Å². The fourth-order valence-corrected chi connectivity index (χ4v) is 3.71. The SMILES string of the molecule is Cc1c(Cl)cnn1[C@H](C)C(=O)Nc1nc2ccccc2n1CCN1CCOCC1. The topological polar surface area (TPSA) is 77.2 Å². The van der Waals surface area contributed by atoms with Crippen LogP contribution in [0.4, 0.5) is 5.95 Å². The van der Waals surface area contributed by atoms with E-state index in [0.717, 1.165) is 56.1 Å². The normalized spacial score (nSPS) is 16.2. The molecule has 1 amide bonds. The van der Waals surface area contributed by atoms with Crippen molar-refractivity contribution in [3.8, 4) is 0 Å². The van der Waals surface area contributed by atoms with Crippen molar-refractivity contribution in [3.63, 3.8) is 0 Å². The van der Waals surface area contributed by atoms with Crippen molar-refractivity contribution in [3.05, 3.63) is 41.2 Å². The minimum Gasteiger partial charge on any atom is -0.379 e. The van der Waals surface area contributed by atoms with E-state index >= 15 is 0 Å². The van der Waals surface area contributed by atoms with Crippen molar-refractivity contribution in [1.82, 2.24) is 24.2 Å².